The second-order valence-corrected chi connectivity index (χ2v) is 4.56. The Morgan fingerprint density at radius 1 is 1.05 bits per heavy atom. The van der Waals surface area contributed by atoms with E-state index in [1.165, 1.54) is 12.1 Å². The molecule has 0 saturated carbocycles. The molecule has 4 nitrogen and oxygen atoms in total. The summed E-state index contributed by atoms with van der Waals surface area (Å²) in [6.07, 6.45) is 0. The minimum Gasteiger partial charge on any atom is -0.486 e. The smallest absolute Gasteiger partial charge is 0.163 e. The van der Waals surface area contributed by atoms with Crippen LogP contribution in [0.15, 0.2) is 36.4 Å². The van der Waals surface area contributed by atoms with Gasteiger partial charge in [-0.25, -0.2) is 4.39 Å². The van der Waals surface area contributed by atoms with E-state index in [0.29, 0.717) is 36.9 Å². The van der Waals surface area contributed by atoms with E-state index in [9.17, 15) is 4.39 Å². The molecule has 104 valence electrons. The fourth-order valence-corrected chi connectivity index (χ4v) is 2.06. The van der Waals surface area contributed by atoms with Gasteiger partial charge in [0.15, 0.2) is 11.5 Å². The highest BCUT2D eigenvalue weighted by atomic mass is 19.1. The predicted molar refractivity (Wildman–Crippen MR) is 75.6 cm³/mol. The van der Waals surface area contributed by atoms with Crippen molar-refractivity contribution in [1.29, 1.82) is 0 Å². The maximum atomic E-state index is 12.8. The summed E-state index contributed by atoms with van der Waals surface area (Å²) >= 11 is 0. The lowest BCUT2D eigenvalue weighted by molar-refractivity contribution is 0.172. The third-order valence-corrected chi connectivity index (χ3v) is 3.11. The summed E-state index contributed by atoms with van der Waals surface area (Å²) in [4.78, 5) is 0. The highest BCUT2D eigenvalue weighted by molar-refractivity contribution is 5.72. The van der Waals surface area contributed by atoms with Gasteiger partial charge in [0.1, 0.15) is 19.0 Å². The number of hydrogen-bond donors (Lipinski definition) is 2. The SMILES string of the molecule is Nc1cc2c(cc1NCc1ccc(F)cc1)OCCO2. The van der Waals surface area contributed by atoms with Gasteiger partial charge in [-0.3, -0.25) is 0 Å². The first-order valence-electron chi connectivity index (χ1n) is 6.40. The second-order valence-electron chi connectivity index (χ2n) is 4.56. The van der Waals surface area contributed by atoms with Crippen LogP contribution in [0.2, 0.25) is 0 Å². The van der Waals surface area contributed by atoms with Crippen LogP contribution in [0, 0.1) is 5.82 Å². The van der Waals surface area contributed by atoms with E-state index < -0.39 is 0 Å². The number of nitrogens with two attached hydrogens (primary N) is 1. The van der Waals surface area contributed by atoms with Crippen molar-refractivity contribution in [1.82, 2.24) is 0 Å². The van der Waals surface area contributed by atoms with Crippen molar-refractivity contribution in [3.05, 3.63) is 47.8 Å². The molecule has 3 N–H and O–H groups in total. The number of ether oxygens (including phenoxy) is 2. The minimum atomic E-state index is -0.243. The van der Waals surface area contributed by atoms with Crippen molar-refractivity contribution < 1.29 is 13.9 Å². The van der Waals surface area contributed by atoms with Crippen LogP contribution in [0.1, 0.15) is 5.56 Å². The maximum absolute atomic E-state index is 12.8. The molecule has 2 aromatic carbocycles. The molecule has 2 aromatic rings. The topological polar surface area (TPSA) is 56.5 Å². The number of hydrogen-bond acceptors (Lipinski definition) is 4. The number of rotatable bonds is 3. The lowest BCUT2D eigenvalue weighted by Crippen LogP contribution is -2.16. The third-order valence-electron chi connectivity index (χ3n) is 3.11. The fourth-order valence-electron chi connectivity index (χ4n) is 2.06. The largest absolute Gasteiger partial charge is 0.486 e. The molecule has 0 spiro atoms. The quantitative estimate of drug-likeness (QED) is 0.845. The zero-order chi connectivity index (χ0) is 13.9. The molecular weight excluding hydrogens is 259 g/mol. The number of fused-ring (bicyclic) bond motifs is 1. The van der Waals surface area contributed by atoms with Crippen molar-refractivity contribution in [2.45, 2.75) is 6.54 Å². The predicted octanol–water partition coefficient (Wildman–Crippen LogP) is 2.79. The first kappa shape index (κ1) is 12.6. The van der Waals surface area contributed by atoms with Gasteiger partial charge in [0, 0.05) is 18.7 Å². The number of nitrogen functional groups attached to an aromatic ring is 1. The van der Waals surface area contributed by atoms with E-state index in [4.69, 9.17) is 15.2 Å². The van der Waals surface area contributed by atoms with E-state index in [1.54, 1.807) is 18.2 Å². The van der Waals surface area contributed by atoms with E-state index in [2.05, 4.69) is 5.32 Å². The summed E-state index contributed by atoms with van der Waals surface area (Å²) in [6, 6.07) is 9.91. The Morgan fingerprint density at radius 3 is 2.40 bits per heavy atom. The highest BCUT2D eigenvalue weighted by Crippen LogP contribution is 2.37. The van der Waals surface area contributed by atoms with Crippen molar-refractivity contribution in [3.63, 3.8) is 0 Å². The monoisotopic (exact) mass is 274 g/mol. The summed E-state index contributed by atoms with van der Waals surface area (Å²) in [6.45, 7) is 1.63. The van der Waals surface area contributed by atoms with Crippen LogP contribution in [0.3, 0.4) is 0 Å². The molecule has 0 saturated heterocycles. The average Bonchev–Trinajstić information content (AvgIpc) is 2.47. The Kier molecular flexibility index (Phi) is 3.33. The zero-order valence-electron chi connectivity index (χ0n) is 10.9. The van der Waals surface area contributed by atoms with Crippen molar-refractivity contribution >= 4 is 11.4 Å². The molecule has 1 aliphatic rings. The molecule has 1 heterocycles. The summed E-state index contributed by atoms with van der Waals surface area (Å²) in [5.74, 6) is 1.11. The fraction of sp³-hybridized carbons (Fsp3) is 0.200. The first-order chi connectivity index (χ1) is 9.72. The van der Waals surface area contributed by atoms with Crippen molar-refractivity contribution in [2.75, 3.05) is 24.3 Å². The van der Waals surface area contributed by atoms with Crippen molar-refractivity contribution in [2.24, 2.45) is 0 Å². The van der Waals surface area contributed by atoms with Gasteiger partial charge in [0.25, 0.3) is 0 Å². The zero-order valence-corrected chi connectivity index (χ0v) is 10.9. The molecule has 3 rings (SSSR count). The van der Waals surface area contributed by atoms with E-state index in [1.807, 2.05) is 6.07 Å². The van der Waals surface area contributed by atoms with Gasteiger partial charge in [0.2, 0.25) is 0 Å². The van der Waals surface area contributed by atoms with E-state index >= 15 is 0 Å². The Bertz CT molecular complexity index is 614. The molecule has 0 amide bonds. The maximum Gasteiger partial charge on any atom is 0.163 e. The minimum absolute atomic E-state index is 0.243. The lowest BCUT2D eigenvalue weighted by Gasteiger charge is -2.20. The summed E-state index contributed by atoms with van der Waals surface area (Å²) in [5.41, 5.74) is 8.32. The lowest BCUT2D eigenvalue weighted by atomic mass is 10.2. The summed E-state index contributed by atoms with van der Waals surface area (Å²) in [7, 11) is 0. The van der Waals surface area contributed by atoms with Gasteiger partial charge >= 0.3 is 0 Å². The average molecular weight is 274 g/mol. The van der Waals surface area contributed by atoms with Gasteiger partial charge in [-0.05, 0) is 17.7 Å². The molecule has 0 unspecified atom stereocenters. The molecule has 0 bridgehead atoms. The van der Waals surface area contributed by atoms with Gasteiger partial charge in [-0.15, -0.1) is 0 Å². The van der Waals surface area contributed by atoms with Crippen LogP contribution < -0.4 is 20.5 Å². The first-order valence-corrected chi connectivity index (χ1v) is 6.40. The van der Waals surface area contributed by atoms with Crippen LogP contribution in [0.4, 0.5) is 15.8 Å². The van der Waals surface area contributed by atoms with Crippen LogP contribution >= 0.6 is 0 Å². The van der Waals surface area contributed by atoms with Gasteiger partial charge in [-0.2, -0.15) is 0 Å². The molecule has 0 fully saturated rings. The standard InChI is InChI=1S/C15H15FN2O2/c16-11-3-1-10(2-4-11)9-18-13-8-15-14(7-12(13)17)19-5-6-20-15/h1-4,7-8,18H,5-6,9,17H2. The second kappa shape index (κ2) is 5.28. The molecule has 1 aliphatic heterocycles. The summed E-state index contributed by atoms with van der Waals surface area (Å²) in [5, 5.41) is 3.22. The van der Waals surface area contributed by atoms with Gasteiger partial charge in [0.05, 0.1) is 11.4 Å². The van der Waals surface area contributed by atoms with Gasteiger partial charge in [-0.1, -0.05) is 12.1 Å². The molecule has 0 atom stereocenters. The normalized spacial score (nSPS) is 13.1. The van der Waals surface area contributed by atoms with Gasteiger partial charge < -0.3 is 20.5 Å². The Balaban J connectivity index is 1.75. The highest BCUT2D eigenvalue weighted by Gasteiger charge is 2.14. The van der Waals surface area contributed by atoms with E-state index in [0.717, 1.165) is 11.3 Å². The van der Waals surface area contributed by atoms with Crippen molar-refractivity contribution in [3.8, 4) is 11.5 Å². The Morgan fingerprint density at radius 2 is 1.70 bits per heavy atom. The molecular formula is C15H15FN2O2. The summed E-state index contributed by atoms with van der Waals surface area (Å²) < 4.78 is 23.8. The van der Waals surface area contributed by atoms with E-state index in [-0.39, 0.29) is 5.82 Å². The van der Waals surface area contributed by atoms with Crippen LogP contribution in [-0.2, 0) is 6.54 Å². The molecule has 20 heavy (non-hydrogen) atoms. The van der Waals surface area contributed by atoms with Crippen LogP contribution in [0.25, 0.3) is 0 Å². The van der Waals surface area contributed by atoms with Crippen LogP contribution in [0.5, 0.6) is 11.5 Å². The third kappa shape index (κ3) is 2.61. The number of halogens is 1. The van der Waals surface area contributed by atoms with Crippen LogP contribution in [-0.4, -0.2) is 13.2 Å². The Labute approximate surface area is 116 Å². The molecule has 0 aromatic heterocycles. The Hall–Kier alpha value is -2.43. The molecule has 5 heteroatoms. The molecule has 0 radical (unpaired) electrons. The number of anilines is 2. The number of benzene rings is 2. The number of nitrogens with one attached hydrogen (secondary N) is 1. The molecule has 0 aliphatic carbocycles.